The molecule has 1 saturated heterocycles. The molecule has 3 aromatic rings. The molecule has 180 valence electrons. The molecule has 4 rings (SSSR count). The van der Waals surface area contributed by atoms with Crippen molar-refractivity contribution >= 4 is 13.6 Å². The van der Waals surface area contributed by atoms with Crippen LogP contribution < -0.4 is 4.74 Å². The molecule has 35 heavy (non-hydrogen) atoms. The van der Waals surface area contributed by atoms with E-state index in [0.29, 0.717) is 35.8 Å². The third-order valence-corrected chi connectivity index (χ3v) is 5.98. The van der Waals surface area contributed by atoms with Gasteiger partial charge in [-0.2, -0.15) is 0 Å². The van der Waals surface area contributed by atoms with Crippen LogP contribution in [0.5, 0.6) is 5.75 Å². The molecule has 3 nitrogen and oxygen atoms in total. The van der Waals surface area contributed by atoms with E-state index in [-0.39, 0.29) is 11.3 Å². The van der Waals surface area contributed by atoms with Crippen LogP contribution in [0.4, 0.5) is 13.2 Å². The average Bonchev–Trinajstić information content (AvgIpc) is 2.88. The van der Waals surface area contributed by atoms with E-state index in [9.17, 15) is 13.2 Å². The van der Waals surface area contributed by atoms with Crippen LogP contribution in [0.15, 0.2) is 66.7 Å². The van der Waals surface area contributed by atoms with Gasteiger partial charge in [-0.15, -0.1) is 0 Å². The van der Waals surface area contributed by atoms with E-state index in [2.05, 4.69) is 13.6 Å². The molecule has 7 heteroatoms. The molecule has 1 fully saturated rings. The summed E-state index contributed by atoms with van der Waals surface area (Å²) in [6.07, 6.45) is 6.38. The molecule has 0 bridgehead atoms. The van der Waals surface area contributed by atoms with Crippen LogP contribution in [0, 0.1) is 23.4 Å². The first kappa shape index (κ1) is 25.0. The predicted molar refractivity (Wildman–Crippen MR) is 133 cm³/mol. The van der Waals surface area contributed by atoms with Crippen LogP contribution in [0.25, 0.3) is 22.3 Å². The number of ether oxygens (including phenoxy) is 3. The van der Waals surface area contributed by atoms with Crippen molar-refractivity contribution in [1.29, 1.82) is 0 Å². The fourth-order valence-corrected chi connectivity index (χ4v) is 4.06. The Morgan fingerprint density at radius 3 is 2.26 bits per heavy atom. The maximum atomic E-state index is 14.9. The van der Waals surface area contributed by atoms with Crippen molar-refractivity contribution in [2.75, 3.05) is 13.2 Å². The van der Waals surface area contributed by atoms with Crippen molar-refractivity contribution in [3.63, 3.8) is 0 Å². The second-order valence-corrected chi connectivity index (χ2v) is 8.35. The monoisotopic (exact) mass is 478 g/mol. The van der Waals surface area contributed by atoms with Gasteiger partial charge in [-0.05, 0) is 19.8 Å². The van der Waals surface area contributed by atoms with E-state index in [1.54, 1.807) is 36.4 Å². The minimum atomic E-state index is -1.08. The Balaban J connectivity index is 1.46. The molecule has 0 aliphatic carbocycles. The van der Waals surface area contributed by atoms with Crippen molar-refractivity contribution in [2.45, 2.75) is 26.1 Å². The summed E-state index contributed by atoms with van der Waals surface area (Å²) in [6.45, 7) is 3.05. The summed E-state index contributed by atoms with van der Waals surface area (Å²) in [7, 11) is 3.35. The van der Waals surface area contributed by atoms with Gasteiger partial charge in [0.05, 0.1) is 13.2 Å². The van der Waals surface area contributed by atoms with Crippen molar-refractivity contribution in [2.24, 2.45) is 5.92 Å². The third kappa shape index (κ3) is 5.74. The molecular formula is C28H26BF3O3. The molecular weight excluding hydrogens is 452 g/mol. The van der Waals surface area contributed by atoms with Crippen LogP contribution in [0.3, 0.4) is 0 Å². The number of benzene rings is 3. The fraction of sp³-hybridized carbons (Fsp3) is 0.250. The zero-order valence-electron chi connectivity index (χ0n) is 19.5. The van der Waals surface area contributed by atoms with E-state index in [4.69, 9.17) is 14.2 Å². The van der Waals surface area contributed by atoms with Gasteiger partial charge in [-0.1, -0.05) is 18.2 Å². The van der Waals surface area contributed by atoms with Crippen LogP contribution in [-0.4, -0.2) is 26.9 Å². The molecule has 1 heterocycles. The van der Waals surface area contributed by atoms with E-state index >= 15 is 0 Å². The summed E-state index contributed by atoms with van der Waals surface area (Å²) in [5.74, 6) is -2.45. The number of rotatable bonds is 8. The van der Waals surface area contributed by atoms with Gasteiger partial charge in [0.15, 0.2) is 6.29 Å². The Kier molecular flexibility index (Phi) is 8.21. The maximum absolute atomic E-state index is 14.9. The van der Waals surface area contributed by atoms with Crippen molar-refractivity contribution < 1.29 is 27.4 Å². The van der Waals surface area contributed by atoms with Gasteiger partial charge < -0.3 is 9.47 Å². The zero-order chi connectivity index (χ0) is 24.8. The molecule has 0 radical (unpaired) electrons. The normalized spacial score (nSPS) is 18.0. The third-order valence-electron chi connectivity index (χ3n) is 5.98. The first-order chi connectivity index (χ1) is 17.0. The van der Waals surface area contributed by atoms with E-state index < -0.39 is 23.7 Å². The first-order valence-corrected chi connectivity index (χ1v) is 11.5. The van der Waals surface area contributed by atoms with Crippen LogP contribution in [0.1, 0.15) is 31.6 Å². The average molecular weight is 478 g/mol. The predicted octanol–water partition coefficient (Wildman–Crippen LogP) is 6.50. The van der Waals surface area contributed by atoms with Gasteiger partial charge in [0.2, 0.25) is 0 Å². The Bertz CT molecular complexity index is 1200. The number of hydrogen-bond donors (Lipinski definition) is 0. The van der Waals surface area contributed by atoms with Crippen LogP contribution >= 0.6 is 0 Å². The molecule has 3 aromatic carbocycles. The SMILES string of the molecule is B=COc1ccc(-c2ccc(-c3ccc(C4OCC(CC/C=C/C)CO4)c(F)c3)cc2)c(F)c1F. The molecule has 0 unspecified atom stereocenters. The van der Waals surface area contributed by atoms with Gasteiger partial charge in [-0.25, -0.2) is 4.39 Å². The molecule has 0 saturated carbocycles. The summed E-state index contributed by atoms with van der Waals surface area (Å²) >= 11 is 0. The number of halogens is 3. The van der Waals surface area contributed by atoms with Gasteiger partial charge in [0.25, 0.3) is 0 Å². The summed E-state index contributed by atoms with van der Waals surface area (Å²) in [6, 6.07) is 14.5. The molecule has 1 aliphatic heterocycles. The number of hydrogen-bond acceptors (Lipinski definition) is 3. The fourth-order valence-electron chi connectivity index (χ4n) is 4.06. The second kappa shape index (κ2) is 11.5. The van der Waals surface area contributed by atoms with Gasteiger partial charge >= 0.3 is 115 Å². The standard InChI is InChI=1S/C28H26BF3O3/c1-2-3-4-5-18-15-33-28(34-16-18)23-11-10-21(14-24(23)30)19-6-8-20(9-7-19)22-12-13-25(35-17-29)27(32)26(22)31/h2-3,6-14,17-18,28-29H,4-5,15-16H2,1H3/b3-2+. The van der Waals surface area contributed by atoms with Crippen molar-refractivity contribution in [1.82, 2.24) is 0 Å². The van der Waals surface area contributed by atoms with Crippen LogP contribution in [-0.2, 0) is 9.47 Å². The Morgan fingerprint density at radius 2 is 1.60 bits per heavy atom. The summed E-state index contributed by atoms with van der Waals surface area (Å²) in [5.41, 5.74) is 2.33. The van der Waals surface area contributed by atoms with Gasteiger partial charge in [-0.3, -0.25) is 0 Å². The Labute approximate surface area is 204 Å². The van der Waals surface area contributed by atoms with E-state index in [0.717, 1.165) is 24.6 Å². The first-order valence-electron chi connectivity index (χ1n) is 11.5. The number of allylic oxidation sites excluding steroid dienone is 2. The molecule has 0 N–H and O–H groups in total. The van der Waals surface area contributed by atoms with E-state index in [1.165, 1.54) is 18.2 Å². The summed E-state index contributed by atoms with van der Waals surface area (Å²) in [5, 5.41) is 0. The van der Waals surface area contributed by atoms with Crippen molar-refractivity contribution in [3.8, 4) is 28.0 Å². The molecule has 0 amide bonds. The minimum absolute atomic E-state index is 0.0996. The molecule has 0 aromatic heterocycles. The quantitative estimate of drug-likeness (QED) is 0.274. The molecule has 1 aliphatic rings. The zero-order valence-corrected chi connectivity index (χ0v) is 19.5. The van der Waals surface area contributed by atoms with Gasteiger partial charge in [0.1, 0.15) is 5.82 Å². The summed E-state index contributed by atoms with van der Waals surface area (Å²) < 4.78 is 60.0. The summed E-state index contributed by atoms with van der Waals surface area (Å²) in [4.78, 5) is 0. The van der Waals surface area contributed by atoms with Crippen LogP contribution in [0.2, 0.25) is 0 Å². The molecule has 0 atom stereocenters. The van der Waals surface area contributed by atoms with E-state index in [1.807, 2.05) is 13.0 Å². The Morgan fingerprint density at radius 1 is 0.914 bits per heavy atom. The molecule has 0 spiro atoms. The second-order valence-electron chi connectivity index (χ2n) is 8.35. The van der Waals surface area contributed by atoms with Crippen molar-refractivity contribution in [3.05, 3.63) is 89.8 Å². The Hall–Kier alpha value is -3.16. The topological polar surface area (TPSA) is 27.7 Å². The van der Waals surface area contributed by atoms with Gasteiger partial charge in [0, 0.05) is 11.5 Å².